The van der Waals surface area contributed by atoms with Gasteiger partial charge in [0, 0.05) is 31.4 Å². The number of aryl methyl sites for hydroxylation is 1. The van der Waals surface area contributed by atoms with Crippen molar-refractivity contribution in [1.29, 1.82) is 0 Å². The Balaban J connectivity index is 1.56. The summed E-state index contributed by atoms with van der Waals surface area (Å²) < 4.78 is 9.26. The highest BCUT2D eigenvalue weighted by Gasteiger charge is 2.16. The molecule has 5 aromatic rings. The SMILES string of the molecule is Cn1cnc(COc2nn3c(-c4cnccn4)nnc3cc2Cc2ccccc2)n1. The van der Waals surface area contributed by atoms with E-state index in [-0.39, 0.29) is 6.61 Å². The number of hydrogen-bond donors (Lipinski definition) is 0. The van der Waals surface area contributed by atoms with Gasteiger partial charge in [0.15, 0.2) is 18.1 Å². The quantitative estimate of drug-likeness (QED) is 0.426. The third-order valence-electron chi connectivity index (χ3n) is 4.45. The summed E-state index contributed by atoms with van der Waals surface area (Å²) in [6.07, 6.45) is 7.10. The van der Waals surface area contributed by atoms with Gasteiger partial charge in [0.25, 0.3) is 0 Å². The van der Waals surface area contributed by atoms with Crippen molar-refractivity contribution in [1.82, 2.24) is 44.5 Å². The molecule has 0 radical (unpaired) electrons. The van der Waals surface area contributed by atoms with Crippen molar-refractivity contribution in [3.63, 3.8) is 0 Å². The van der Waals surface area contributed by atoms with Crippen molar-refractivity contribution in [3.8, 4) is 17.4 Å². The number of benzene rings is 1. The van der Waals surface area contributed by atoms with Crippen LogP contribution < -0.4 is 4.74 Å². The molecule has 0 atom stereocenters. The van der Waals surface area contributed by atoms with Crippen molar-refractivity contribution >= 4 is 5.65 Å². The van der Waals surface area contributed by atoms with Gasteiger partial charge in [-0.3, -0.25) is 9.67 Å². The summed E-state index contributed by atoms with van der Waals surface area (Å²) in [5.74, 6) is 1.52. The summed E-state index contributed by atoms with van der Waals surface area (Å²) in [5, 5.41) is 17.4. The normalized spacial score (nSPS) is 11.1. The van der Waals surface area contributed by atoms with Crippen LogP contribution in [0.25, 0.3) is 17.2 Å². The van der Waals surface area contributed by atoms with Gasteiger partial charge in [-0.1, -0.05) is 30.3 Å². The Morgan fingerprint density at radius 3 is 2.67 bits per heavy atom. The molecule has 0 unspecified atom stereocenters. The van der Waals surface area contributed by atoms with Crippen molar-refractivity contribution in [2.75, 3.05) is 0 Å². The van der Waals surface area contributed by atoms with Crippen molar-refractivity contribution in [2.24, 2.45) is 7.05 Å². The predicted molar refractivity (Wildman–Crippen MR) is 106 cm³/mol. The highest BCUT2D eigenvalue weighted by atomic mass is 16.5. The van der Waals surface area contributed by atoms with Crippen LogP contribution in [0.2, 0.25) is 0 Å². The molecule has 10 nitrogen and oxygen atoms in total. The summed E-state index contributed by atoms with van der Waals surface area (Å²) in [7, 11) is 1.81. The molecule has 0 N–H and O–H groups in total. The van der Waals surface area contributed by atoms with Gasteiger partial charge in [0.2, 0.25) is 11.7 Å². The fourth-order valence-electron chi connectivity index (χ4n) is 3.07. The third kappa shape index (κ3) is 3.58. The van der Waals surface area contributed by atoms with E-state index < -0.39 is 0 Å². The molecule has 0 saturated heterocycles. The van der Waals surface area contributed by atoms with Crippen LogP contribution in [0.3, 0.4) is 0 Å². The molecule has 0 saturated carbocycles. The zero-order valence-electron chi connectivity index (χ0n) is 16.1. The molecule has 0 fully saturated rings. The van der Waals surface area contributed by atoms with E-state index in [1.54, 1.807) is 34.1 Å². The second-order valence-electron chi connectivity index (χ2n) is 6.64. The fourth-order valence-corrected chi connectivity index (χ4v) is 3.07. The number of ether oxygens (including phenoxy) is 1. The second kappa shape index (κ2) is 7.66. The second-order valence-corrected chi connectivity index (χ2v) is 6.64. The number of nitrogens with zero attached hydrogens (tertiary/aromatic N) is 9. The maximum atomic E-state index is 6.02. The zero-order valence-corrected chi connectivity index (χ0v) is 16.1. The van der Waals surface area contributed by atoms with Crippen molar-refractivity contribution < 1.29 is 4.74 Å². The lowest BCUT2D eigenvalue weighted by atomic mass is 10.1. The molecular weight excluding hydrogens is 382 g/mol. The van der Waals surface area contributed by atoms with E-state index in [4.69, 9.17) is 4.74 Å². The molecule has 4 heterocycles. The number of aromatic nitrogens is 9. The summed E-state index contributed by atoms with van der Waals surface area (Å²) in [6, 6.07) is 12.0. The molecule has 5 rings (SSSR count). The Kier molecular flexibility index (Phi) is 4.56. The van der Waals surface area contributed by atoms with Crippen LogP contribution in [-0.2, 0) is 20.1 Å². The van der Waals surface area contributed by atoms with Crippen LogP contribution in [0.5, 0.6) is 5.88 Å². The largest absolute Gasteiger partial charge is 0.468 e. The van der Waals surface area contributed by atoms with Gasteiger partial charge in [0.1, 0.15) is 12.0 Å². The smallest absolute Gasteiger partial charge is 0.235 e. The minimum absolute atomic E-state index is 0.198. The standard InChI is InChI=1S/C20H17N9O/c1-28-13-23-17(26-28)12-30-20-15(9-14-5-3-2-4-6-14)10-18-24-25-19(29(18)27-20)16-11-21-7-8-22-16/h2-8,10-11,13H,9,12H2,1H3. The Labute approximate surface area is 171 Å². The van der Waals surface area contributed by atoms with Gasteiger partial charge < -0.3 is 4.74 Å². The first kappa shape index (κ1) is 17.9. The average Bonchev–Trinajstić information content (AvgIpc) is 3.39. The lowest BCUT2D eigenvalue weighted by molar-refractivity contribution is 0.276. The van der Waals surface area contributed by atoms with Crippen molar-refractivity contribution in [2.45, 2.75) is 13.0 Å². The van der Waals surface area contributed by atoms with E-state index in [1.807, 2.05) is 31.3 Å². The van der Waals surface area contributed by atoms with Crippen LogP contribution >= 0.6 is 0 Å². The lowest BCUT2D eigenvalue weighted by Crippen LogP contribution is -2.07. The number of rotatable bonds is 6. The molecule has 10 heteroatoms. The van der Waals surface area contributed by atoms with Gasteiger partial charge in [-0.2, -0.15) is 9.61 Å². The summed E-state index contributed by atoms with van der Waals surface area (Å²) in [4.78, 5) is 12.6. The Morgan fingerprint density at radius 1 is 1.00 bits per heavy atom. The molecule has 0 aliphatic heterocycles. The zero-order chi connectivity index (χ0) is 20.3. The minimum atomic E-state index is 0.198. The first-order valence-corrected chi connectivity index (χ1v) is 9.29. The topological polar surface area (TPSA) is 109 Å². The molecule has 4 aromatic heterocycles. The first-order valence-electron chi connectivity index (χ1n) is 9.29. The van der Waals surface area contributed by atoms with Gasteiger partial charge in [-0.25, -0.2) is 9.97 Å². The van der Waals surface area contributed by atoms with Crippen LogP contribution in [-0.4, -0.2) is 44.5 Å². The van der Waals surface area contributed by atoms with E-state index in [9.17, 15) is 0 Å². The number of hydrogen-bond acceptors (Lipinski definition) is 8. The molecule has 0 amide bonds. The molecule has 0 spiro atoms. The molecule has 1 aromatic carbocycles. The first-order chi connectivity index (χ1) is 14.8. The summed E-state index contributed by atoms with van der Waals surface area (Å²) in [5.41, 5.74) is 3.21. The minimum Gasteiger partial charge on any atom is -0.468 e. The van der Waals surface area contributed by atoms with E-state index in [0.29, 0.717) is 35.3 Å². The van der Waals surface area contributed by atoms with Crippen LogP contribution in [0.4, 0.5) is 0 Å². The predicted octanol–water partition coefficient (Wildman–Crippen LogP) is 1.88. The van der Waals surface area contributed by atoms with Crippen LogP contribution in [0.1, 0.15) is 17.0 Å². The molecule has 30 heavy (non-hydrogen) atoms. The number of fused-ring (bicyclic) bond motifs is 1. The van der Waals surface area contributed by atoms with E-state index in [2.05, 4.69) is 47.5 Å². The Bertz CT molecular complexity index is 1280. The van der Waals surface area contributed by atoms with Gasteiger partial charge in [-0.05, 0) is 11.6 Å². The molecule has 0 aliphatic rings. The molecular formula is C20H17N9O. The molecule has 148 valence electrons. The van der Waals surface area contributed by atoms with Crippen molar-refractivity contribution in [3.05, 3.63) is 78.3 Å². The average molecular weight is 399 g/mol. The van der Waals surface area contributed by atoms with E-state index in [0.717, 1.165) is 11.1 Å². The van der Waals surface area contributed by atoms with E-state index in [1.165, 1.54) is 0 Å². The van der Waals surface area contributed by atoms with Gasteiger partial charge >= 0.3 is 0 Å². The van der Waals surface area contributed by atoms with Crippen LogP contribution in [0.15, 0.2) is 61.3 Å². The fraction of sp³-hybridized carbons (Fsp3) is 0.150. The van der Waals surface area contributed by atoms with Crippen LogP contribution in [0, 0.1) is 0 Å². The molecule has 0 bridgehead atoms. The Hall–Kier alpha value is -4.21. The highest BCUT2D eigenvalue weighted by molar-refractivity contribution is 5.55. The maximum absolute atomic E-state index is 6.02. The highest BCUT2D eigenvalue weighted by Crippen LogP contribution is 2.24. The van der Waals surface area contributed by atoms with E-state index >= 15 is 0 Å². The van der Waals surface area contributed by atoms with Gasteiger partial charge in [-0.15, -0.1) is 15.3 Å². The summed E-state index contributed by atoms with van der Waals surface area (Å²) >= 11 is 0. The maximum Gasteiger partial charge on any atom is 0.235 e. The third-order valence-corrected chi connectivity index (χ3v) is 4.45. The summed E-state index contributed by atoms with van der Waals surface area (Å²) in [6.45, 7) is 0.198. The monoisotopic (exact) mass is 399 g/mol. The Morgan fingerprint density at radius 2 is 1.90 bits per heavy atom. The lowest BCUT2D eigenvalue weighted by Gasteiger charge is -2.10. The van der Waals surface area contributed by atoms with Gasteiger partial charge in [0.05, 0.1) is 6.20 Å². The molecule has 0 aliphatic carbocycles.